The number of rotatable bonds is 6. The topological polar surface area (TPSA) is 40.7 Å². The number of aromatic nitrogens is 2. The number of H-pyrrole nitrogens is 1. The fourth-order valence-corrected chi connectivity index (χ4v) is 1.66. The van der Waals surface area contributed by atoms with Crippen molar-refractivity contribution in [2.45, 2.75) is 39.7 Å². The molecule has 2 N–H and O–H groups in total. The zero-order chi connectivity index (χ0) is 10.4. The van der Waals surface area contributed by atoms with Gasteiger partial charge in [0.25, 0.3) is 0 Å². The Morgan fingerprint density at radius 2 is 2.21 bits per heavy atom. The average Bonchev–Trinajstić information content (AvgIpc) is 2.55. The van der Waals surface area contributed by atoms with Gasteiger partial charge >= 0.3 is 0 Å². The van der Waals surface area contributed by atoms with Crippen molar-refractivity contribution in [1.82, 2.24) is 15.3 Å². The number of hydrogen-bond donors (Lipinski definition) is 2. The first-order valence-electron chi connectivity index (χ1n) is 5.40. The summed E-state index contributed by atoms with van der Waals surface area (Å²) in [6, 6.07) is 0.602. The van der Waals surface area contributed by atoms with Gasteiger partial charge in [-0.3, -0.25) is 0 Å². The summed E-state index contributed by atoms with van der Waals surface area (Å²) in [7, 11) is 0. The average molecular weight is 195 g/mol. The molecule has 3 heteroatoms. The van der Waals surface area contributed by atoms with Crippen LogP contribution < -0.4 is 5.32 Å². The standard InChI is InChI=1S/C11H21N3/c1-9(2)8-10(3)12-5-4-11-13-6-7-14-11/h6-7,9-10,12H,4-5,8H2,1-3H3,(H,13,14). The summed E-state index contributed by atoms with van der Waals surface area (Å²) in [4.78, 5) is 7.28. The summed E-state index contributed by atoms with van der Waals surface area (Å²) in [5.41, 5.74) is 0. The van der Waals surface area contributed by atoms with Gasteiger partial charge in [0.1, 0.15) is 5.82 Å². The predicted molar refractivity (Wildman–Crippen MR) is 59.2 cm³/mol. The molecular formula is C11H21N3. The van der Waals surface area contributed by atoms with Gasteiger partial charge in [0.2, 0.25) is 0 Å². The molecule has 1 unspecified atom stereocenters. The van der Waals surface area contributed by atoms with Gasteiger partial charge < -0.3 is 10.3 Å². The van der Waals surface area contributed by atoms with Crippen LogP contribution in [0.3, 0.4) is 0 Å². The molecule has 1 aromatic heterocycles. The molecule has 1 heterocycles. The molecule has 1 atom stereocenters. The molecule has 1 rings (SSSR count). The molecular weight excluding hydrogens is 174 g/mol. The predicted octanol–water partition coefficient (Wildman–Crippen LogP) is 1.98. The third-order valence-corrected chi connectivity index (χ3v) is 2.23. The minimum atomic E-state index is 0.602. The number of hydrogen-bond acceptors (Lipinski definition) is 2. The van der Waals surface area contributed by atoms with E-state index in [1.165, 1.54) is 6.42 Å². The summed E-state index contributed by atoms with van der Waals surface area (Å²) < 4.78 is 0. The highest BCUT2D eigenvalue weighted by molar-refractivity contribution is 4.87. The highest BCUT2D eigenvalue weighted by Crippen LogP contribution is 2.03. The maximum Gasteiger partial charge on any atom is 0.107 e. The zero-order valence-electron chi connectivity index (χ0n) is 9.38. The van der Waals surface area contributed by atoms with Crippen LogP contribution in [-0.4, -0.2) is 22.6 Å². The van der Waals surface area contributed by atoms with E-state index < -0.39 is 0 Å². The van der Waals surface area contributed by atoms with Crippen molar-refractivity contribution in [2.75, 3.05) is 6.54 Å². The Labute approximate surface area is 86.3 Å². The number of nitrogens with zero attached hydrogens (tertiary/aromatic N) is 1. The summed E-state index contributed by atoms with van der Waals surface area (Å²) in [5, 5.41) is 3.49. The maximum absolute atomic E-state index is 4.18. The Hall–Kier alpha value is -0.830. The first kappa shape index (κ1) is 11.2. The van der Waals surface area contributed by atoms with Crippen LogP contribution in [0.1, 0.15) is 33.0 Å². The van der Waals surface area contributed by atoms with E-state index >= 15 is 0 Å². The molecule has 3 nitrogen and oxygen atoms in total. The lowest BCUT2D eigenvalue weighted by atomic mass is 10.1. The van der Waals surface area contributed by atoms with Crippen LogP contribution in [0.5, 0.6) is 0 Å². The minimum absolute atomic E-state index is 0.602. The SMILES string of the molecule is CC(C)CC(C)NCCc1ncc[nH]1. The zero-order valence-corrected chi connectivity index (χ0v) is 9.38. The van der Waals surface area contributed by atoms with E-state index in [1.807, 2.05) is 6.20 Å². The third kappa shape index (κ3) is 4.42. The molecule has 0 aliphatic heterocycles. The van der Waals surface area contributed by atoms with Gasteiger partial charge in [0, 0.05) is 31.4 Å². The summed E-state index contributed by atoms with van der Waals surface area (Å²) >= 11 is 0. The van der Waals surface area contributed by atoms with E-state index in [0.717, 1.165) is 24.7 Å². The summed E-state index contributed by atoms with van der Waals surface area (Å²) in [6.07, 6.45) is 5.88. The first-order valence-corrected chi connectivity index (χ1v) is 5.40. The van der Waals surface area contributed by atoms with Crippen LogP contribution in [0.15, 0.2) is 12.4 Å². The van der Waals surface area contributed by atoms with Crippen LogP contribution in [0.25, 0.3) is 0 Å². The largest absolute Gasteiger partial charge is 0.349 e. The lowest BCUT2D eigenvalue weighted by Crippen LogP contribution is -2.29. The quantitative estimate of drug-likeness (QED) is 0.728. The maximum atomic E-state index is 4.18. The second-order valence-electron chi connectivity index (χ2n) is 4.27. The van der Waals surface area contributed by atoms with E-state index in [2.05, 4.69) is 36.1 Å². The van der Waals surface area contributed by atoms with Gasteiger partial charge in [-0.2, -0.15) is 0 Å². The minimum Gasteiger partial charge on any atom is -0.349 e. The molecule has 0 bridgehead atoms. The van der Waals surface area contributed by atoms with Crippen molar-refractivity contribution in [3.05, 3.63) is 18.2 Å². The highest BCUT2D eigenvalue weighted by Gasteiger charge is 2.03. The van der Waals surface area contributed by atoms with Gasteiger partial charge in [0.05, 0.1) is 0 Å². The summed E-state index contributed by atoms with van der Waals surface area (Å²) in [6.45, 7) is 7.75. The Morgan fingerprint density at radius 3 is 2.79 bits per heavy atom. The van der Waals surface area contributed by atoms with Gasteiger partial charge in [-0.15, -0.1) is 0 Å². The van der Waals surface area contributed by atoms with E-state index in [4.69, 9.17) is 0 Å². The van der Waals surface area contributed by atoms with E-state index in [0.29, 0.717) is 6.04 Å². The molecule has 0 amide bonds. The second kappa shape index (κ2) is 5.81. The molecule has 1 aromatic rings. The molecule has 0 fully saturated rings. The van der Waals surface area contributed by atoms with Crippen LogP contribution >= 0.6 is 0 Å². The van der Waals surface area contributed by atoms with Crippen LogP contribution in [-0.2, 0) is 6.42 Å². The third-order valence-electron chi connectivity index (χ3n) is 2.23. The normalized spacial score (nSPS) is 13.4. The lowest BCUT2D eigenvalue weighted by Gasteiger charge is -2.15. The van der Waals surface area contributed by atoms with E-state index in [9.17, 15) is 0 Å². The Balaban J connectivity index is 2.09. The molecule has 0 aliphatic rings. The van der Waals surface area contributed by atoms with Crippen molar-refractivity contribution in [1.29, 1.82) is 0 Å². The Morgan fingerprint density at radius 1 is 1.43 bits per heavy atom. The van der Waals surface area contributed by atoms with Gasteiger partial charge in [-0.25, -0.2) is 4.98 Å². The first-order chi connectivity index (χ1) is 6.68. The smallest absolute Gasteiger partial charge is 0.107 e. The number of aromatic amines is 1. The van der Waals surface area contributed by atoms with Crippen LogP contribution in [0, 0.1) is 5.92 Å². The van der Waals surface area contributed by atoms with Crippen LogP contribution in [0.4, 0.5) is 0 Å². The van der Waals surface area contributed by atoms with E-state index in [-0.39, 0.29) is 0 Å². The Kier molecular flexibility index (Phi) is 4.66. The van der Waals surface area contributed by atoms with Crippen molar-refractivity contribution < 1.29 is 0 Å². The molecule has 0 saturated heterocycles. The summed E-state index contributed by atoms with van der Waals surface area (Å²) in [5.74, 6) is 1.83. The number of imidazole rings is 1. The molecule has 0 aromatic carbocycles. The van der Waals surface area contributed by atoms with Crippen molar-refractivity contribution in [3.8, 4) is 0 Å². The molecule has 14 heavy (non-hydrogen) atoms. The van der Waals surface area contributed by atoms with Crippen LogP contribution in [0.2, 0.25) is 0 Å². The number of nitrogens with one attached hydrogen (secondary N) is 2. The van der Waals surface area contributed by atoms with Crippen molar-refractivity contribution in [3.63, 3.8) is 0 Å². The molecule has 80 valence electrons. The molecule has 0 spiro atoms. The molecule has 0 saturated carbocycles. The monoisotopic (exact) mass is 195 g/mol. The van der Waals surface area contributed by atoms with Crippen molar-refractivity contribution in [2.24, 2.45) is 5.92 Å². The lowest BCUT2D eigenvalue weighted by molar-refractivity contribution is 0.443. The van der Waals surface area contributed by atoms with Gasteiger partial charge in [-0.05, 0) is 19.3 Å². The fourth-order valence-electron chi connectivity index (χ4n) is 1.66. The van der Waals surface area contributed by atoms with Gasteiger partial charge in [-0.1, -0.05) is 13.8 Å². The van der Waals surface area contributed by atoms with E-state index in [1.54, 1.807) is 6.20 Å². The highest BCUT2D eigenvalue weighted by atomic mass is 14.9. The fraction of sp³-hybridized carbons (Fsp3) is 0.727. The second-order valence-corrected chi connectivity index (χ2v) is 4.27. The van der Waals surface area contributed by atoms with Gasteiger partial charge in [0.15, 0.2) is 0 Å². The molecule has 0 radical (unpaired) electrons. The van der Waals surface area contributed by atoms with Crippen molar-refractivity contribution >= 4 is 0 Å². The molecule has 0 aliphatic carbocycles. The Bertz CT molecular complexity index is 229.